The summed E-state index contributed by atoms with van der Waals surface area (Å²) in [6, 6.07) is 16.8. The number of carbonyl (C=O) groups excluding carboxylic acids is 1. The number of hydrogen-bond acceptors (Lipinski definition) is 4. The average Bonchev–Trinajstić information content (AvgIpc) is 2.64. The van der Waals surface area contributed by atoms with Crippen molar-refractivity contribution in [3.05, 3.63) is 65.7 Å². The van der Waals surface area contributed by atoms with E-state index in [1.54, 1.807) is 0 Å². The molecule has 0 N–H and O–H groups in total. The topological polar surface area (TPSA) is 32.8 Å². The lowest BCUT2D eigenvalue weighted by molar-refractivity contribution is -0.0000126. The molecular weight excluding hydrogens is 380 g/mol. The van der Waals surface area contributed by atoms with Gasteiger partial charge in [0.15, 0.2) is 5.78 Å². The van der Waals surface area contributed by atoms with E-state index in [9.17, 15) is 4.79 Å². The maximum atomic E-state index is 12.4. The fraction of sp³-hybridized carbons (Fsp3) is 0.350. The van der Waals surface area contributed by atoms with E-state index in [-0.39, 0.29) is 22.8 Å². The fourth-order valence-electron chi connectivity index (χ4n) is 2.82. The summed E-state index contributed by atoms with van der Waals surface area (Å²) in [7, 11) is 2.16. The molecular formula is C20H24BrN2O2-. The van der Waals surface area contributed by atoms with Crippen LogP contribution in [0.15, 0.2) is 54.6 Å². The van der Waals surface area contributed by atoms with Gasteiger partial charge in [0.05, 0.1) is 0 Å². The van der Waals surface area contributed by atoms with Gasteiger partial charge in [-0.05, 0) is 31.3 Å². The Morgan fingerprint density at radius 1 is 0.920 bits per heavy atom. The molecule has 1 aliphatic rings. The molecule has 134 valence electrons. The molecule has 1 fully saturated rings. The van der Waals surface area contributed by atoms with Gasteiger partial charge in [-0.25, -0.2) is 0 Å². The number of hydrogen-bond donors (Lipinski definition) is 0. The monoisotopic (exact) mass is 403 g/mol. The number of likely N-dealkylation sites (N-methyl/N-ethyl adjacent to an activating group) is 1. The van der Waals surface area contributed by atoms with Gasteiger partial charge in [0.2, 0.25) is 0 Å². The highest BCUT2D eigenvalue weighted by Gasteiger charge is 2.13. The molecule has 0 atom stereocenters. The number of piperazine rings is 1. The van der Waals surface area contributed by atoms with Crippen molar-refractivity contribution in [2.75, 3.05) is 46.4 Å². The molecule has 25 heavy (non-hydrogen) atoms. The van der Waals surface area contributed by atoms with Crippen LogP contribution >= 0.6 is 0 Å². The molecule has 0 radical (unpaired) electrons. The van der Waals surface area contributed by atoms with Gasteiger partial charge in [0, 0.05) is 43.9 Å². The predicted molar refractivity (Wildman–Crippen MR) is 95.7 cm³/mol. The van der Waals surface area contributed by atoms with Gasteiger partial charge < -0.3 is 26.6 Å². The summed E-state index contributed by atoms with van der Waals surface area (Å²) in [5, 5.41) is 0. The first-order valence-corrected chi connectivity index (χ1v) is 8.46. The zero-order valence-corrected chi connectivity index (χ0v) is 16.1. The van der Waals surface area contributed by atoms with Crippen molar-refractivity contribution in [3.8, 4) is 5.75 Å². The number of carbonyl (C=O) groups is 1. The van der Waals surface area contributed by atoms with Gasteiger partial charge in [-0.15, -0.1) is 0 Å². The van der Waals surface area contributed by atoms with E-state index in [0.717, 1.165) is 38.5 Å². The summed E-state index contributed by atoms with van der Waals surface area (Å²) in [4.78, 5) is 17.1. The van der Waals surface area contributed by atoms with Gasteiger partial charge >= 0.3 is 0 Å². The molecule has 4 nitrogen and oxygen atoms in total. The number of halogens is 1. The largest absolute Gasteiger partial charge is 1.00 e. The number of rotatable bonds is 6. The van der Waals surface area contributed by atoms with Gasteiger partial charge in [-0.1, -0.05) is 30.3 Å². The maximum Gasteiger partial charge on any atom is 0.193 e. The molecule has 1 heterocycles. The van der Waals surface area contributed by atoms with E-state index in [4.69, 9.17) is 4.74 Å². The Morgan fingerprint density at radius 2 is 1.52 bits per heavy atom. The highest BCUT2D eigenvalue weighted by Crippen LogP contribution is 2.15. The second kappa shape index (κ2) is 9.70. The highest BCUT2D eigenvalue weighted by atomic mass is 79.9. The van der Waals surface area contributed by atoms with Crippen LogP contribution in [0.3, 0.4) is 0 Å². The summed E-state index contributed by atoms with van der Waals surface area (Å²) >= 11 is 0. The van der Waals surface area contributed by atoms with Crippen LogP contribution in [-0.2, 0) is 0 Å². The zero-order chi connectivity index (χ0) is 16.8. The summed E-state index contributed by atoms with van der Waals surface area (Å²) in [5.74, 6) is 0.855. The molecule has 2 aromatic carbocycles. The first-order valence-electron chi connectivity index (χ1n) is 8.46. The van der Waals surface area contributed by atoms with Crippen LogP contribution in [0.1, 0.15) is 15.9 Å². The van der Waals surface area contributed by atoms with Gasteiger partial charge in [0.1, 0.15) is 12.4 Å². The summed E-state index contributed by atoms with van der Waals surface area (Å²) < 4.78 is 5.81. The van der Waals surface area contributed by atoms with Crippen molar-refractivity contribution >= 4 is 5.78 Å². The molecule has 1 aliphatic heterocycles. The van der Waals surface area contributed by atoms with Crippen LogP contribution in [-0.4, -0.2) is 62.0 Å². The van der Waals surface area contributed by atoms with Crippen molar-refractivity contribution in [1.29, 1.82) is 0 Å². The van der Waals surface area contributed by atoms with Gasteiger partial charge in [-0.2, -0.15) is 0 Å². The Labute approximate surface area is 160 Å². The standard InChI is InChI=1S/C20H24N2O2.BrH/c1-21-11-13-22(14-12-21)15-16-24-19-9-7-18(8-10-19)20(23)17-5-3-2-4-6-17;/h2-10H,11-16H2,1H3;1H/p-1. The number of benzene rings is 2. The smallest absolute Gasteiger partial charge is 0.193 e. The Hall–Kier alpha value is -1.69. The van der Waals surface area contributed by atoms with Crippen molar-refractivity contribution in [2.24, 2.45) is 0 Å². The van der Waals surface area contributed by atoms with E-state index in [0.29, 0.717) is 17.7 Å². The minimum absolute atomic E-state index is 0. The van der Waals surface area contributed by atoms with E-state index in [2.05, 4.69) is 16.8 Å². The molecule has 0 aromatic heterocycles. The van der Waals surface area contributed by atoms with Crippen LogP contribution in [0.5, 0.6) is 5.75 Å². The number of nitrogens with zero attached hydrogens (tertiary/aromatic N) is 2. The molecule has 0 unspecified atom stereocenters. The average molecular weight is 404 g/mol. The van der Waals surface area contributed by atoms with Crippen molar-refractivity contribution in [1.82, 2.24) is 9.80 Å². The van der Waals surface area contributed by atoms with E-state index >= 15 is 0 Å². The Kier molecular flexibility index (Phi) is 7.62. The van der Waals surface area contributed by atoms with Crippen LogP contribution in [0, 0.1) is 0 Å². The minimum Gasteiger partial charge on any atom is -1.00 e. The van der Waals surface area contributed by atoms with Crippen LogP contribution in [0.2, 0.25) is 0 Å². The predicted octanol–water partition coefficient (Wildman–Crippen LogP) is -0.452. The van der Waals surface area contributed by atoms with Crippen molar-refractivity contribution in [2.45, 2.75) is 0 Å². The number of ether oxygens (including phenoxy) is 1. The van der Waals surface area contributed by atoms with Crippen LogP contribution < -0.4 is 21.7 Å². The molecule has 3 rings (SSSR count). The highest BCUT2D eigenvalue weighted by molar-refractivity contribution is 6.08. The molecule has 0 aliphatic carbocycles. The molecule has 0 amide bonds. The van der Waals surface area contributed by atoms with E-state index in [1.165, 1.54) is 0 Å². The SMILES string of the molecule is CN1CCN(CCOc2ccc(C(=O)c3ccccc3)cc2)CC1.[Br-]. The quantitative estimate of drug-likeness (QED) is 0.611. The maximum absolute atomic E-state index is 12.4. The van der Waals surface area contributed by atoms with Gasteiger partial charge in [-0.3, -0.25) is 9.69 Å². The molecule has 0 spiro atoms. The van der Waals surface area contributed by atoms with Crippen LogP contribution in [0.4, 0.5) is 0 Å². The minimum atomic E-state index is 0. The molecule has 1 saturated heterocycles. The number of ketones is 1. The van der Waals surface area contributed by atoms with Crippen LogP contribution in [0.25, 0.3) is 0 Å². The summed E-state index contributed by atoms with van der Waals surface area (Å²) in [6.45, 7) is 6.07. The summed E-state index contributed by atoms with van der Waals surface area (Å²) in [6.07, 6.45) is 0. The Balaban J connectivity index is 0.00000225. The lowest BCUT2D eigenvalue weighted by Gasteiger charge is -2.32. The fourth-order valence-corrected chi connectivity index (χ4v) is 2.82. The second-order valence-corrected chi connectivity index (χ2v) is 6.21. The third-order valence-corrected chi connectivity index (χ3v) is 4.42. The normalized spacial score (nSPS) is 15.4. The molecule has 5 heteroatoms. The second-order valence-electron chi connectivity index (χ2n) is 6.21. The van der Waals surface area contributed by atoms with Crippen molar-refractivity contribution < 1.29 is 26.5 Å². The zero-order valence-electron chi connectivity index (χ0n) is 14.5. The molecule has 0 bridgehead atoms. The van der Waals surface area contributed by atoms with Crippen molar-refractivity contribution in [3.63, 3.8) is 0 Å². The third-order valence-electron chi connectivity index (χ3n) is 4.42. The van der Waals surface area contributed by atoms with E-state index < -0.39 is 0 Å². The first-order chi connectivity index (χ1) is 11.7. The summed E-state index contributed by atoms with van der Waals surface area (Å²) in [5.41, 5.74) is 1.40. The Morgan fingerprint density at radius 3 is 2.16 bits per heavy atom. The molecule has 0 saturated carbocycles. The third kappa shape index (κ3) is 5.66. The first kappa shape index (κ1) is 19.6. The lowest BCUT2D eigenvalue weighted by Crippen LogP contribution is -3.00. The Bertz CT molecular complexity index is 653. The van der Waals surface area contributed by atoms with Gasteiger partial charge in [0.25, 0.3) is 0 Å². The van der Waals surface area contributed by atoms with E-state index in [1.807, 2.05) is 54.6 Å². The lowest BCUT2D eigenvalue weighted by atomic mass is 10.0. The molecule has 2 aromatic rings.